The predicted molar refractivity (Wildman–Crippen MR) is 167 cm³/mol. The predicted octanol–water partition coefficient (Wildman–Crippen LogP) is 1.50. The van der Waals surface area contributed by atoms with E-state index >= 15 is 0 Å². The lowest BCUT2D eigenvalue weighted by Gasteiger charge is -2.29. The smallest absolute Gasteiger partial charge is 0.235 e. The van der Waals surface area contributed by atoms with E-state index in [4.69, 9.17) is 14.6 Å². The Kier molecular flexibility index (Phi) is 12.0. The number of aldehydes is 1. The van der Waals surface area contributed by atoms with Gasteiger partial charge in [-0.15, -0.1) is 29.1 Å². The van der Waals surface area contributed by atoms with Crippen molar-refractivity contribution in [3.05, 3.63) is 59.9 Å². The number of aliphatic hydroxyl groups is 2. The van der Waals surface area contributed by atoms with Crippen LogP contribution in [0.3, 0.4) is 0 Å². The molecule has 0 saturated heterocycles. The number of rotatable bonds is 17. The maximum absolute atomic E-state index is 13.6. The summed E-state index contributed by atoms with van der Waals surface area (Å²) in [7, 11) is 1.45. The number of hydrogen-bond donors (Lipinski definition) is 3. The van der Waals surface area contributed by atoms with Gasteiger partial charge < -0.3 is 24.5 Å². The molecule has 0 aliphatic heterocycles. The van der Waals surface area contributed by atoms with Crippen molar-refractivity contribution in [2.45, 2.75) is 35.2 Å². The topological polar surface area (TPSA) is 157 Å². The fourth-order valence-corrected chi connectivity index (χ4v) is 6.47. The van der Waals surface area contributed by atoms with Gasteiger partial charge in [-0.1, -0.05) is 17.3 Å². The Morgan fingerprint density at radius 2 is 1.98 bits per heavy atom. The van der Waals surface area contributed by atoms with Gasteiger partial charge in [0.1, 0.15) is 40.8 Å². The zero-order chi connectivity index (χ0) is 30.8. The van der Waals surface area contributed by atoms with Gasteiger partial charge in [-0.05, 0) is 35.9 Å². The molecule has 226 valence electrons. The number of nitrogens with zero attached hydrogens (tertiary/aromatic N) is 5. The van der Waals surface area contributed by atoms with Crippen LogP contribution in [0, 0.1) is 0 Å². The number of aliphatic hydroxyl groups excluding tert-OH is 2. The Bertz CT molecular complexity index is 1550. The van der Waals surface area contributed by atoms with Crippen LogP contribution in [0.1, 0.15) is 23.7 Å². The molecule has 0 saturated carbocycles. The van der Waals surface area contributed by atoms with Gasteiger partial charge in [0.25, 0.3) is 0 Å². The maximum atomic E-state index is 13.6. The van der Waals surface area contributed by atoms with E-state index in [9.17, 15) is 19.5 Å². The third-order valence-corrected chi connectivity index (χ3v) is 8.65. The van der Waals surface area contributed by atoms with Crippen LogP contribution in [0.4, 0.5) is 0 Å². The number of ether oxygens (including phenoxy) is 2. The molecule has 0 unspecified atom stereocenters. The van der Waals surface area contributed by atoms with Crippen molar-refractivity contribution in [1.29, 1.82) is 0 Å². The number of carbonyl (C=O) groups is 3. The minimum atomic E-state index is -1.02. The molecule has 0 fully saturated rings. The van der Waals surface area contributed by atoms with Crippen molar-refractivity contribution in [2.24, 2.45) is 0 Å². The Labute approximate surface area is 262 Å². The number of Topliss-reactive ketones (excluding diaryl/α,β-unsaturated/α-hetero) is 1. The van der Waals surface area contributed by atoms with Crippen molar-refractivity contribution in [1.82, 2.24) is 24.8 Å². The van der Waals surface area contributed by atoms with Gasteiger partial charge >= 0.3 is 0 Å². The Morgan fingerprint density at radius 3 is 2.74 bits per heavy atom. The van der Waals surface area contributed by atoms with Crippen LogP contribution in [-0.2, 0) is 26.7 Å². The highest BCUT2D eigenvalue weighted by Crippen LogP contribution is 2.28. The van der Waals surface area contributed by atoms with E-state index in [0.29, 0.717) is 27.3 Å². The average Bonchev–Trinajstić information content (AvgIpc) is 3.64. The quantitative estimate of drug-likeness (QED) is 0.0663. The second kappa shape index (κ2) is 15.9. The summed E-state index contributed by atoms with van der Waals surface area (Å²) in [6.45, 7) is -0.148. The second-order valence-electron chi connectivity index (χ2n) is 9.35. The molecule has 16 heteroatoms. The van der Waals surface area contributed by atoms with E-state index < -0.39 is 23.8 Å². The third kappa shape index (κ3) is 8.80. The van der Waals surface area contributed by atoms with Crippen LogP contribution >= 0.6 is 35.7 Å². The molecular formula is C27H30BN5O7S3. The normalized spacial score (nSPS) is 12.5. The van der Waals surface area contributed by atoms with Crippen LogP contribution in [0.5, 0.6) is 11.5 Å². The summed E-state index contributed by atoms with van der Waals surface area (Å²) in [5.41, 5.74) is 2.20. The number of aromatic nitrogens is 4. The molecule has 0 radical (unpaired) electrons. The first kappa shape index (κ1) is 32.5. The highest BCUT2D eigenvalue weighted by Gasteiger charge is 2.32. The fourth-order valence-electron chi connectivity index (χ4n) is 4.19. The molecule has 4 aromatic rings. The van der Waals surface area contributed by atoms with Crippen LogP contribution < -0.4 is 9.47 Å². The number of thiazole rings is 1. The molecule has 2 heterocycles. The van der Waals surface area contributed by atoms with Crippen LogP contribution in [0.2, 0.25) is 0 Å². The third-order valence-electron chi connectivity index (χ3n) is 6.36. The summed E-state index contributed by atoms with van der Waals surface area (Å²) < 4.78 is 14.2. The second-order valence-corrected chi connectivity index (χ2v) is 12.1. The zero-order valence-corrected chi connectivity index (χ0v) is 25.8. The van der Waals surface area contributed by atoms with Gasteiger partial charge in [0.05, 0.1) is 29.1 Å². The molecular weight excluding hydrogens is 613 g/mol. The van der Waals surface area contributed by atoms with Gasteiger partial charge in [0.15, 0.2) is 6.29 Å². The van der Waals surface area contributed by atoms with E-state index in [1.54, 1.807) is 18.3 Å². The first-order valence-electron chi connectivity index (χ1n) is 13.2. The highest BCUT2D eigenvalue weighted by molar-refractivity contribution is 7.98. The number of fused-ring (bicyclic) bond motifs is 1. The molecule has 0 bridgehead atoms. The number of amides is 1. The van der Waals surface area contributed by atoms with E-state index in [-0.39, 0.29) is 44.9 Å². The summed E-state index contributed by atoms with van der Waals surface area (Å²) in [6, 6.07) is 10.8. The molecule has 0 aliphatic rings. The minimum Gasteiger partial charge on any atom is -0.491 e. The van der Waals surface area contributed by atoms with Gasteiger partial charge in [-0.25, -0.2) is 9.67 Å². The largest absolute Gasteiger partial charge is 0.491 e. The van der Waals surface area contributed by atoms with E-state index in [0.717, 1.165) is 15.8 Å². The molecule has 2 aromatic carbocycles. The number of benzene rings is 2. The standard InChI is InChI=1S/C27H30BN5O7S3/c28-33(23(24(37)13-36)16-42-15-17-2-1-3-19(10-17)39-9-8-35)26(38)22(6-7-34)32-12-18(30-31-32)14-40-20-4-5-21-25(11-20)43-27(41)29-21/h1-5,10-13,22-23,34-35H,6-9,14-16,28H2,(H,29,41)/t22-,23+/m0/s1. The molecule has 12 nitrogen and oxygen atoms in total. The van der Waals surface area contributed by atoms with E-state index in [1.165, 1.54) is 40.6 Å². The SMILES string of the molecule is BN(C(=O)[C@H](CCO)n1cc(COc2ccc3nc(S)sc3c2)nn1)[C@H](CSCc1cccc(OCCO)c1)C(=O)C=O. The zero-order valence-electron chi connectivity index (χ0n) is 23.2. The van der Waals surface area contributed by atoms with Gasteiger partial charge in [-0.3, -0.25) is 14.4 Å². The number of carbonyl (C=O) groups excluding carboxylic acids is 3. The lowest BCUT2D eigenvalue weighted by atomic mass is 10.1. The van der Waals surface area contributed by atoms with Crippen molar-refractivity contribution >= 4 is 71.9 Å². The van der Waals surface area contributed by atoms with E-state index in [1.807, 2.05) is 30.3 Å². The maximum Gasteiger partial charge on any atom is 0.235 e. The first-order valence-corrected chi connectivity index (χ1v) is 15.6. The Balaban J connectivity index is 1.39. The number of hydrogen-bond acceptors (Lipinski definition) is 13. The summed E-state index contributed by atoms with van der Waals surface area (Å²) >= 11 is 7.10. The first-order chi connectivity index (χ1) is 20.8. The fraction of sp³-hybridized carbons (Fsp3) is 0.333. The molecule has 2 aromatic heterocycles. The van der Waals surface area contributed by atoms with Gasteiger partial charge in [0.2, 0.25) is 19.7 Å². The minimum absolute atomic E-state index is 0.0245. The number of thiol groups is 1. The summed E-state index contributed by atoms with van der Waals surface area (Å²) in [5, 5.41) is 26.8. The van der Waals surface area contributed by atoms with E-state index in [2.05, 4.69) is 27.9 Å². The molecule has 2 N–H and O–H groups in total. The number of thioether (sulfide) groups is 1. The molecule has 1 amide bonds. The summed E-state index contributed by atoms with van der Waals surface area (Å²) in [4.78, 5) is 43.1. The van der Waals surface area contributed by atoms with Crippen LogP contribution in [0.15, 0.2) is 53.0 Å². The number of ketones is 1. The lowest BCUT2D eigenvalue weighted by molar-refractivity contribution is -0.138. The Hall–Kier alpha value is -3.44. The molecule has 43 heavy (non-hydrogen) atoms. The molecule has 2 atom stereocenters. The summed E-state index contributed by atoms with van der Waals surface area (Å²) in [5.74, 6) is 0.657. The monoisotopic (exact) mass is 643 g/mol. The Morgan fingerprint density at radius 1 is 1.16 bits per heavy atom. The van der Waals surface area contributed by atoms with Crippen molar-refractivity contribution in [2.75, 3.05) is 25.6 Å². The molecule has 0 spiro atoms. The van der Waals surface area contributed by atoms with Gasteiger partial charge in [-0.2, -0.15) is 11.8 Å². The van der Waals surface area contributed by atoms with Crippen molar-refractivity contribution in [3.63, 3.8) is 0 Å². The molecule has 0 aliphatic carbocycles. The van der Waals surface area contributed by atoms with Crippen molar-refractivity contribution in [3.8, 4) is 11.5 Å². The van der Waals surface area contributed by atoms with Crippen LogP contribution in [0.25, 0.3) is 10.2 Å². The van der Waals surface area contributed by atoms with Gasteiger partial charge in [0, 0.05) is 24.5 Å². The molecule has 4 rings (SSSR count). The highest BCUT2D eigenvalue weighted by atomic mass is 32.2. The van der Waals surface area contributed by atoms with Crippen molar-refractivity contribution < 1.29 is 34.1 Å². The average molecular weight is 644 g/mol. The lowest BCUT2D eigenvalue weighted by Crippen LogP contribution is -2.48. The van der Waals surface area contributed by atoms with Crippen LogP contribution in [-0.4, -0.2) is 92.6 Å². The summed E-state index contributed by atoms with van der Waals surface area (Å²) in [6.07, 6.45) is 1.79.